The van der Waals surface area contributed by atoms with E-state index < -0.39 is 18.1 Å². The van der Waals surface area contributed by atoms with Crippen molar-refractivity contribution in [2.24, 2.45) is 0 Å². The van der Waals surface area contributed by atoms with Crippen molar-refractivity contribution in [3.63, 3.8) is 0 Å². The number of nitrogens with one attached hydrogen (secondary N) is 1. The molecule has 0 bridgehead atoms. The van der Waals surface area contributed by atoms with Crippen molar-refractivity contribution in [1.82, 2.24) is 20.3 Å². The highest BCUT2D eigenvalue weighted by molar-refractivity contribution is 6.36. The number of carbonyl (C=O) groups is 1. The van der Waals surface area contributed by atoms with Crippen LogP contribution in [0.5, 0.6) is 0 Å². The molecule has 0 fully saturated rings. The number of aromatic nitrogens is 3. The molecule has 0 spiro atoms. The van der Waals surface area contributed by atoms with E-state index in [1.165, 1.54) is 11.9 Å². The molecular weight excluding hydrogens is 523 g/mol. The smallest absolute Gasteiger partial charge is 0.244 e. The zero-order chi connectivity index (χ0) is 25.7. The molecule has 0 unspecified atom stereocenters. The summed E-state index contributed by atoms with van der Waals surface area (Å²) < 4.78 is 5.22. The average molecular weight is 546 g/mol. The quantitative estimate of drug-likeness (QED) is 0.292. The Bertz CT molecular complexity index is 1330. The van der Waals surface area contributed by atoms with Gasteiger partial charge in [0.05, 0.1) is 17.7 Å². The number of amides is 1. The molecule has 1 amide bonds. The molecule has 4 rings (SSSR count). The number of aliphatic hydroxyl groups excluding tert-OH is 1. The van der Waals surface area contributed by atoms with Gasteiger partial charge in [-0.05, 0) is 35.9 Å². The van der Waals surface area contributed by atoms with Crippen molar-refractivity contribution in [2.45, 2.75) is 18.7 Å². The molecule has 3 aromatic carbocycles. The minimum atomic E-state index is -0.950. The molecule has 4 aromatic rings. The molecule has 0 aliphatic heterocycles. The molecule has 2 atom stereocenters. The van der Waals surface area contributed by atoms with Crippen LogP contribution in [0.1, 0.15) is 11.7 Å². The van der Waals surface area contributed by atoms with Crippen LogP contribution >= 0.6 is 34.8 Å². The summed E-state index contributed by atoms with van der Waals surface area (Å²) in [6.45, 7) is -0.0660. The third-order valence-corrected chi connectivity index (χ3v) is 6.26. The van der Waals surface area contributed by atoms with Crippen LogP contribution in [0.2, 0.25) is 15.1 Å². The second-order valence-corrected chi connectivity index (χ2v) is 9.32. The zero-order valence-corrected chi connectivity index (χ0v) is 21.5. The summed E-state index contributed by atoms with van der Waals surface area (Å²) >= 11 is 18.6. The first kappa shape index (κ1) is 26.1. The number of benzene rings is 3. The maximum Gasteiger partial charge on any atom is 0.244 e. The predicted molar refractivity (Wildman–Crippen MR) is 141 cm³/mol. The van der Waals surface area contributed by atoms with Gasteiger partial charge in [-0.1, -0.05) is 77.3 Å². The monoisotopic (exact) mass is 544 g/mol. The van der Waals surface area contributed by atoms with Gasteiger partial charge >= 0.3 is 0 Å². The third-order valence-electron chi connectivity index (χ3n) is 5.46. The summed E-state index contributed by atoms with van der Waals surface area (Å²) in [5, 5.41) is 24.2. The first-order valence-electron chi connectivity index (χ1n) is 11.0. The number of halogens is 3. The summed E-state index contributed by atoms with van der Waals surface area (Å²) in [4.78, 5) is 14.2. The van der Waals surface area contributed by atoms with Gasteiger partial charge in [-0.2, -0.15) is 15.0 Å². The van der Waals surface area contributed by atoms with E-state index in [-0.39, 0.29) is 13.2 Å². The highest BCUT2D eigenvalue weighted by Gasteiger charge is 2.24. The van der Waals surface area contributed by atoms with Gasteiger partial charge in [0.25, 0.3) is 0 Å². The average Bonchev–Trinajstić information content (AvgIpc) is 3.27. The Kier molecular flexibility index (Phi) is 8.61. The Morgan fingerprint density at radius 1 is 0.972 bits per heavy atom. The normalized spacial score (nSPS) is 12.8. The Hall–Kier alpha value is -2.94. The van der Waals surface area contributed by atoms with Crippen molar-refractivity contribution < 1.29 is 14.6 Å². The molecule has 1 heterocycles. The van der Waals surface area contributed by atoms with Gasteiger partial charge in [-0.15, -0.1) is 0 Å². The molecule has 0 radical (unpaired) electrons. The minimum absolute atomic E-state index is 0.121. The first-order chi connectivity index (χ1) is 17.4. The lowest BCUT2D eigenvalue weighted by Gasteiger charge is -2.23. The van der Waals surface area contributed by atoms with E-state index in [1.54, 1.807) is 42.5 Å². The molecule has 0 saturated heterocycles. The van der Waals surface area contributed by atoms with E-state index in [2.05, 4.69) is 15.5 Å². The maximum absolute atomic E-state index is 12.9. The largest absolute Gasteiger partial charge is 0.386 e. The minimum Gasteiger partial charge on any atom is -0.386 e. The number of nitrogens with zero attached hydrogens (tertiary/aromatic N) is 3. The second-order valence-electron chi connectivity index (χ2n) is 8.04. The zero-order valence-electron chi connectivity index (χ0n) is 19.2. The number of carbonyl (C=O) groups excluding carboxylic acids is 1. The lowest BCUT2D eigenvalue weighted by atomic mass is 10.0. The number of hydrogen-bond donors (Lipinski definition) is 2. The van der Waals surface area contributed by atoms with E-state index in [1.807, 2.05) is 30.3 Å². The molecule has 10 heteroatoms. The predicted octanol–water partition coefficient (Wildman–Crippen LogP) is 5.44. The van der Waals surface area contributed by atoms with Gasteiger partial charge in [-0.25, -0.2) is 0 Å². The van der Waals surface area contributed by atoms with Gasteiger partial charge in [0.2, 0.25) is 5.91 Å². The lowest BCUT2D eigenvalue weighted by Crippen LogP contribution is -2.44. The Morgan fingerprint density at radius 2 is 1.64 bits per heavy atom. The summed E-state index contributed by atoms with van der Waals surface area (Å²) in [6, 6.07) is 20.6. The topological polar surface area (TPSA) is 89.3 Å². The molecule has 7 nitrogen and oxygen atoms in total. The Labute approximate surface area is 223 Å². The summed E-state index contributed by atoms with van der Waals surface area (Å²) in [5.41, 5.74) is 3.06. The van der Waals surface area contributed by atoms with Crippen LogP contribution in [-0.4, -0.2) is 45.8 Å². The van der Waals surface area contributed by atoms with Crippen molar-refractivity contribution >= 4 is 40.7 Å². The van der Waals surface area contributed by atoms with Gasteiger partial charge < -0.3 is 15.2 Å². The number of hydrogen-bond acceptors (Lipinski definition) is 5. The van der Waals surface area contributed by atoms with Gasteiger partial charge in [0.15, 0.2) is 0 Å². The number of aliphatic hydroxyl groups is 1. The van der Waals surface area contributed by atoms with Gasteiger partial charge in [0.1, 0.15) is 24.0 Å². The number of methoxy groups -OCH3 is 1. The van der Waals surface area contributed by atoms with E-state index >= 15 is 0 Å². The van der Waals surface area contributed by atoms with Crippen molar-refractivity contribution in [3.8, 4) is 22.5 Å². The van der Waals surface area contributed by atoms with Crippen molar-refractivity contribution in [1.29, 1.82) is 0 Å². The van der Waals surface area contributed by atoms with Crippen molar-refractivity contribution in [2.75, 3.05) is 13.7 Å². The maximum atomic E-state index is 12.9. The Morgan fingerprint density at radius 3 is 2.31 bits per heavy atom. The van der Waals surface area contributed by atoms with E-state index in [0.717, 1.165) is 5.56 Å². The van der Waals surface area contributed by atoms with Crippen LogP contribution < -0.4 is 5.32 Å². The number of rotatable bonds is 9. The second kappa shape index (κ2) is 11.9. The van der Waals surface area contributed by atoms with Crippen LogP contribution in [0.15, 0.2) is 72.8 Å². The Balaban J connectivity index is 1.61. The fourth-order valence-corrected chi connectivity index (χ4v) is 4.36. The van der Waals surface area contributed by atoms with E-state index in [9.17, 15) is 9.90 Å². The highest BCUT2D eigenvalue weighted by Crippen LogP contribution is 2.35. The molecule has 36 heavy (non-hydrogen) atoms. The van der Waals surface area contributed by atoms with E-state index in [0.29, 0.717) is 37.6 Å². The van der Waals surface area contributed by atoms with Crippen LogP contribution in [0.25, 0.3) is 22.5 Å². The van der Waals surface area contributed by atoms with Crippen LogP contribution in [0, 0.1) is 0 Å². The molecule has 1 aromatic heterocycles. The fourth-order valence-electron chi connectivity index (χ4n) is 3.74. The SMILES string of the molecule is COC[C@H](NC(=O)Cn1nc(-c2ccc(Cl)cc2)c(-c2ccc(Cl)cc2Cl)n1)[C@@H](O)c1ccccc1. The summed E-state index contributed by atoms with van der Waals surface area (Å²) in [5.74, 6) is -0.390. The molecule has 0 saturated carbocycles. The molecular formula is C26H23Cl3N4O3. The lowest BCUT2D eigenvalue weighted by molar-refractivity contribution is -0.124. The number of ether oxygens (including phenoxy) is 1. The van der Waals surface area contributed by atoms with Crippen LogP contribution in [0.3, 0.4) is 0 Å². The molecule has 186 valence electrons. The molecule has 0 aliphatic rings. The van der Waals surface area contributed by atoms with E-state index in [4.69, 9.17) is 39.5 Å². The summed E-state index contributed by atoms with van der Waals surface area (Å²) in [7, 11) is 1.51. The van der Waals surface area contributed by atoms with Gasteiger partial charge in [0, 0.05) is 28.3 Å². The fraction of sp³-hybridized carbons (Fsp3) is 0.192. The summed E-state index contributed by atoms with van der Waals surface area (Å²) in [6.07, 6.45) is -0.950. The van der Waals surface area contributed by atoms with Crippen LogP contribution in [0.4, 0.5) is 0 Å². The van der Waals surface area contributed by atoms with Gasteiger partial charge in [-0.3, -0.25) is 4.79 Å². The van der Waals surface area contributed by atoms with Crippen LogP contribution in [-0.2, 0) is 16.1 Å². The van der Waals surface area contributed by atoms with Crippen molar-refractivity contribution in [3.05, 3.63) is 93.4 Å². The highest BCUT2D eigenvalue weighted by atomic mass is 35.5. The molecule has 0 aliphatic carbocycles. The third kappa shape index (κ3) is 6.24. The molecule has 2 N–H and O–H groups in total. The first-order valence-corrected chi connectivity index (χ1v) is 12.2. The standard InChI is InChI=1S/C26H23Cl3N4O3/c1-36-15-22(26(35)17-5-3-2-4-6-17)30-23(34)14-33-31-24(16-7-9-18(27)10-8-16)25(32-33)20-12-11-19(28)13-21(20)29/h2-13,22,26,35H,14-15H2,1H3,(H,30,34)/t22-,26-/m0/s1.